The SMILES string of the molecule is CS[C@H]1O[C@H]([C@H](NC(=O)[C@@H]2C[C@@H](CC=Cc3ccncc3)CN2)C(C)C)[C@H](O)[C@H](O)[C@H]1O. The molecule has 2 fully saturated rings. The quantitative estimate of drug-likeness (QED) is 0.382. The first-order valence-corrected chi connectivity index (χ1v) is 12.4. The number of hydrogen-bond donors (Lipinski definition) is 5. The van der Waals surface area contributed by atoms with E-state index in [1.54, 1.807) is 18.6 Å². The number of rotatable bonds is 8. The molecule has 1 amide bonds. The van der Waals surface area contributed by atoms with Crippen molar-refractivity contribution < 1.29 is 24.9 Å². The largest absolute Gasteiger partial charge is 0.388 e. The van der Waals surface area contributed by atoms with Crippen LogP contribution >= 0.6 is 11.8 Å². The van der Waals surface area contributed by atoms with Gasteiger partial charge in [-0.2, -0.15) is 0 Å². The maximum atomic E-state index is 13.0. The highest BCUT2D eigenvalue weighted by molar-refractivity contribution is 7.99. The average Bonchev–Trinajstić information content (AvgIpc) is 3.26. The number of thioether (sulfide) groups is 1. The summed E-state index contributed by atoms with van der Waals surface area (Å²) in [6.45, 7) is 4.62. The van der Waals surface area contributed by atoms with E-state index in [-0.39, 0.29) is 17.9 Å². The molecule has 3 heterocycles. The molecule has 1 aromatic heterocycles. The van der Waals surface area contributed by atoms with Gasteiger partial charge < -0.3 is 30.7 Å². The van der Waals surface area contributed by atoms with Crippen LogP contribution in [0.3, 0.4) is 0 Å². The van der Waals surface area contributed by atoms with E-state index in [1.165, 1.54) is 11.8 Å². The second-order valence-electron chi connectivity index (χ2n) is 8.94. The highest BCUT2D eigenvalue weighted by atomic mass is 32.2. The third kappa shape index (κ3) is 6.09. The molecule has 178 valence electrons. The summed E-state index contributed by atoms with van der Waals surface area (Å²) in [7, 11) is 0. The highest BCUT2D eigenvalue weighted by Gasteiger charge is 2.47. The van der Waals surface area contributed by atoms with Crippen LogP contribution in [-0.4, -0.2) is 80.9 Å². The number of hydrogen-bond acceptors (Lipinski definition) is 8. The number of carbonyl (C=O) groups is 1. The fourth-order valence-electron chi connectivity index (χ4n) is 4.32. The van der Waals surface area contributed by atoms with Gasteiger partial charge in [-0.25, -0.2) is 0 Å². The molecule has 0 aliphatic carbocycles. The Balaban J connectivity index is 1.56. The van der Waals surface area contributed by atoms with Crippen molar-refractivity contribution >= 4 is 23.7 Å². The second kappa shape index (κ2) is 11.6. The Morgan fingerprint density at radius 3 is 2.66 bits per heavy atom. The van der Waals surface area contributed by atoms with Gasteiger partial charge in [-0.05, 0) is 55.2 Å². The number of aromatic nitrogens is 1. The Kier molecular flexibility index (Phi) is 9.10. The summed E-state index contributed by atoms with van der Waals surface area (Å²) in [4.78, 5) is 17.0. The highest BCUT2D eigenvalue weighted by Crippen LogP contribution is 2.30. The van der Waals surface area contributed by atoms with Gasteiger partial charge in [-0.3, -0.25) is 9.78 Å². The lowest BCUT2D eigenvalue weighted by Crippen LogP contribution is -2.64. The average molecular weight is 466 g/mol. The summed E-state index contributed by atoms with van der Waals surface area (Å²) in [5.41, 5.74) is 0.430. The molecule has 8 nitrogen and oxygen atoms in total. The zero-order chi connectivity index (χ0) is 23.3. The number of amides is 1. The molecule has 3 rings (SSSR count). The lowest BCUT2D eigenvalue weighted by molar-refractivity contribution is -0.208. The van der Waals surface area contributed by atoms with Gasteiger partial charge in [-0.15, -0.1) is 11.8 Å². The molecule has 0 unspecified atom stereocenters. The summed E-state index contributed by atoms with van der Waals surface area (Å²) < 4.78 is 5.89. The molecule has 0 bridgehead atoms. The molecule has 0 radical (unpaired) electrons. The van der Waals surface area contributed by atoms with E-state index in [1.807, 2.05) is 26.0 Å². The van der Waals surface area contributed by atoms with Gasteiger partial charge in [0.15, 0.2) is 0 Å². The molecule has 2 aliphatic rings. The van der Waals surface area contributed by atoms with Crippen LogP contribution < -0.4 is 10.6 Å². The van der Waals surface area contributed by atoms with E-state index in [0.29, 0.717) is 5.92 Å². The van der Waals surface area contributed by atoms with Crippen LogP contribution in [0.2, 0.25) is 0 Å². The lowest BCUT2D eigenvalue weighted by atomic mass is 9.88. The summed E-state index contributed by atoms with van der Waals surface area (Å²) in [5, 5.41) is 37.2. The maximum Gasteiger partial charge on any atom is 0.237 e. The molecule has 9 heteroatoms. The molecule has 8 atom stereocenters. The normalized spacial score (nSPS) is 34.2. The van der Waals surface area contributed by atoms with Crippen LogP contribution in [0.15, 0.2) is 30.6 Å². The monoisotopic (exact) mass is 465 g/mol. The summed E-state index contributed by atoms with van der Waals surface area (Å²) in [5.74, 6) is 0.182. The van der Waals surface area contributed by atoms with Gasteiger partial charge in [0.05, 0.1) is 12.1 Å². The predicted octanol–water partition coefficient (Wildman–Crippen LogP) is 0.774. The number of ether oxygens (including phenoxy) is 1. The molecule has 1 aromatic rings. The summed E-state index contributed by atoms with van der Waals surface area (Å²) in [6, 6.07) is 3.08. The number of aliphatic hydroxyl groups is 3. The van der Waals surface area contributed by atoms with Crippen molar-refractivity contribution in [1.29, 1.82) is 0 Å². The number of pyridine rings is 1. The van der Waals surface area contributed by atoms with Gasteiger partial charge in [0.25, 0.3) is 0 Å². The second-order valence-corrected chi connectivity index (χ2v) is 9.87. The van der Waals surface area contributed by atoms with Crippen molar-refractivity contribution in [2.75, 3.05) is 12.8 Å². The van der Waals surface area contributed by atoms with Crippen LogP contribution in [-0.2, 0) is 9.53 Å². The fourth-order valence-corrected chi connectivity index (χ4v) is 5.00. The Bertz CT molecular complexity index is 763. The standard InChI is InChI=1S/C23H35N3O5S/c1-13(2)17(21-19(28)18(27)20(29)23(31-21)32-3)26-22(30)16-11-15(12-25-16)6-4-5-14-7-9-24-10-8-14/h4-5,7-10,13,15-21,23,25,27-29H,6,11-12H2,1-3H3,(H,26,30)/t15-,16+,17-,18+,19-,20-,21-,23-/m1/s1. The molecule has 0 saturated carbocycles. The Labute approximate surface area is 193 Å². The van der Waals surface area contributed by atoms with Crippen molar-refractivity contribution in [1.82, 2.24) is 15.6 Å². The Morgan fingerprint density at radius 1 is 1.28 bits per heavy atom. The van der Waals surface area contributed by atoms with E-state index < -0.39 is 35.9 Å². The summed E-state index contributed by atoms with van der Waals surface area (Å²) in [6.07, 6.45) is 6.46. The minimum absolute atomic E-state index is 0.0379. The van der Waals surface area contributed by atoms with Crippen molar-refractivity contribution in [3.63, 3.8) is 0 Å². The zero-order valence-electron chi connectivity index (χ0n) is 18.8. The molecular weight excluding hydrogens is 430 g/mol. The summed E-state index contributed by atoms with van der Waals surface area (Å²) >= 11 is 1.26. The van der Waals surface area contributed by atoms with E-state index >= 15 is 0 Å². The number of nitrogens with zero attached hydrogens (tertiary/aromatic N) is 1. The van der Waals surface area contributed by atoms with Crippen molar-refractivity contribution in [2.45, 2.75) is 68.6 Å². The molecule has 2 aliphatic heterocycles. The number of carbonyl (C=O) groups excluding carboxylic acids is 1. The first-order chi connectivity index (χ1) is 15.3. The van der Waals surface area contributed by atoms with E-state index in [9.17, 15) is 20.1 Å². The van der Waals surface area contributed by atoms with Crippen LogP contribution in [0.1, 0.15) is 32.3 Å². The van der Waals surface area contributed by atoms with Crippen LogP contribution in [0.5, 0.6) is 0 Å². The third-order valence-electron chi connectivity index (χ3n) is 6.24. The first-order valence-electron chi connectivity index (χ1n) is 11.1. The minimum atomic E-state index is -1.33. The zero-order valence-corrected chi connectivity index (χ0v) is 19.6. The number of allylic oxidation sites excluding steroid dienone is 1. The van der Waals surface area contributed by atoms with Crippen molar-refractivity contribution in [3.8, 4) is 0 Å². The van der Waals surface area contributed by atoms with Crippen LogP contribution in [0, 0.1) is 11.8 Å². The number of aliphatic hydroxyl groups excluding tert-OH is 3. The first kappa shape index (κ1) is 25.1. The molecule has 32 heavy (non-hydrogen) atoms. The van der Waals surface area contributed by atoms with Crippen molar-refractivity contribution in [3.05, 3.63) is 36.2 Å². The van der Waals surface area contributed by atoms with Crippen molar-refractivity contribution in [2.24, 2.45) is 11.8 Å². The van der Waals surface area contributed by atoms with E-state index in [4.69, 9.17) is 4.74 Å². The molecule has 0 spiro atoms. The van der Waals surface area contributed by atoms with Gasteiger partial charge >= 0.3 is 0 Å². The topological polar surface area (TPSA) is 124 Å². The van der Waals surface area contributed by atoms with Gasteiger partial charge in [0.1, 0.15) is 29.9 Å². The molecule has 5 N–H and O–H groups in total. The van der Waals surface area contributed by atoms with E-state index in [0.717, 1.165) is 24.9 Å². The van der Waals surface area contributed by atoms with Gasteiger partial charge in [-0.1, -0.05) is 26.0 Å². The fraction of sp³-hybridized carbons (Fsp3) is 0.652. The third-order valence-corrected chi connectivity index (χ3v) is 7.10. The van der Waals surface area contributed by atoms with E-state index in [2.05, 4.69) is 27.8 Å². The Morgan fingerprint density at radius 2 is 2.00 bits per heavy atom. The predicted molar refractivity (Wildman–Crippen MR) is 125 cm³/mol. The van der Waals surface area contributed by atoms with Crippen LogP contribution in [0.4, 0.5) is 0 Å². The molecule has 2 saturated heterocycles. The Hall–Kier alpha value is -1.49. The maximum absolute atomic E-state index is 13.0. The van der Waals surface area contributed by atoms with Gasteiger partial charge in [0.2, 0.25) is 5.91 Å². The molecule has 0 aromatic carbocycles. The smallest absolute Gasteiger partial charge is 0.237 e. The molecular formula is C23H35N3O5S. The van der Waals surface area contributed by atoms with Crippen LogP contribution in [0.25, 0.3) is 6.08 Å². The minimum Gasteiger partial charge on any atom is -0.388 e. The number of nitrogens with one attached hydrogen (secondary N) is 2. The lowest BCUT2D eigenvalue weighted by Gasteiger charge is -2.44. The van der Waals surface area contributed by atoms with Gasteiger partial charge in [0, 0.05) is 12.4 Å².